The Morgan fingerprint density at radius 3 is 3.05 bits per heavy atom. The summed E-state index contributed by atoms with van der Waals surface area (Å²) in [7, 11) is 1.59. The lowest BCUT2D eigenvalue weighted by Crippen LogP contribution is -2.40. The number of carbonyl (C=O) groups excluding carboxylic acids is 1. The van der Waals surface area contributed by atoms with Gasteiger partial charge in [0.05, 0.1) is 7.11 Å². The minimum Gasteiger partial charge on any atom is -0.497 e. The molecule has 6 heteroatoms. The second-order valence-corrected chi connectivity index (χ2v) is 4.65. The topological polar surface area (TPSA) is 63.2 Å². The zero-order valence-corrected chi connectivity index (χ0v) is 12.0. The maximum Gasteiger partial charge on any atom is 0.228 e. The van der Waals surface area contributed by atoms with Gasteiger partial charge in [-0.25, -0.2) is 4.98 Å². The molecule has 19 heavy (non-hydrogen) atoms. The van der Waals surface area contributed by atoms with E-state index < -0.39 is 0 Å². The molecular formula is C13H20ClN3O2. The zero-order valence-electron chi connectivity index (χ0n) is 11.2. The lowest BCUT2D eigenvalue weighted by molar-refractivity contribution is -0.120. The highest BCUT2D eigenvalue weighted by molar-refractivity contribution is 5.91. The van der Waals surface area contributed by atoms with Crippen molar-refractivity contribution >= 4 is 24.1 Å². The third-order valence-corrected chi connectivity index (χ3v) is 3.21. The lowest BCUT2D eigenvalue weighted by Gasteiger charge is -2.26. The summed E-state index contributed by atoms with van der Waals surface area (Å²) in [5, 5.41) is 6.18. The van der Waals surface area contributed by atoms with Gasteiger partial charge in [0.1, 0.15) is 11.6 Å². The number of ether oxygens (including phenoxy) is 1. The lowest BCUT2D eigenvalue weighted by atomic mass is 9.92. The van der Waals surface area contributed by atoms with E-state index in [1.165, 1.54) is 0 Å². The number of amides is 1. The van der Waals surface area contributed by atoms with Crippen LogP contribution < -0.4 is 15.4 Å². The van der Waals surface area contributed by atoms with Gasteiger partial charge in [-0.1, -0.05) is 0 Å². The first kappa shape index (κ1) is 15.7. The number of rotatable bonds is 3. The molecule has 1 fully saturated rings. The van der Waals surface area contributed by atoms with Crippen molar-refractivity contribution in [1.82, 2.24) is 10.3 Å². The first-order chi connectivity index (χ1) is 8.69. The van der Waals surface area contributed by atoms with Gasteiger partial charge < -0.3 is 15.4 Å². The fourth-order valence-electron chi connectivity index (χ4n) is 2.20. The standard InChI is InChI=1S/C13H19N3O2.ClH/c1-9-7-10(3-5-14-9)13(17)16-12-8-11(18-2)4-6-15-12;/h4,6,8-10,14H,3,5,7H2,1-2H3,(H,15,16,17);1H/t9-,10-;/m0./s1. The average Bonchev–Trinajstić information content (AvgIpc) is 2.39. The molecule has 0 saturated carbocycles. The van der Waals surface area contributed by atoms with Crippen LogP contribution in [0.1, 0.15) is 19.8 Å². The van der Waals surface area contributed by atoms with Crippen LogP contribution in [0.25, 0.3) is 0 Å². The maximum absolute atomic E-state index is 12.1. The zero-order chi connectivity index (χ0) is 13.0. The van der Waals surface area contributed by atoms with E-state index >= 15 is 0 Å². The number of nitrogens with one attached hydrogen (secondary N) is 2. The maximum atomic E-state index is 12.1. The molecule has 1 aliphatic heterocycles. The van der Waals surface area contributed by atoms with Gasteiger partial charge in [0.25, 0.3) is 0 Å². The Morgan fingerprint density at radius 2 is 2.37 bits per heavy atom. The molecule has 2 N–H and O–H groups in total. The number of carbonyl (C=O) groups is 1. The number of hydrogen-bond donors (Lipinski definition) is 2. The Labute approximate surface area is 119 Å². The van der Waals surface area contributed by atoms with E-state index in [1.54, 1.807) is 25.4 Å². The number of hydrogen-bond acceptors (Lipinski definition) is 4. The first-order valence-corrected chi connectivity index (χ1v) is 6.23. The van der Waals surface area contributed by atoms with Crippen LogP contribution in [0.15, 0.2) is 18.3 Å². The quantitative estimate of drug-likeness (QED) is 0.889. The van der Waals surface area contributed by atoms with Crippen molar-refractivity contribution in [2.45, 2.75) is 25.8 Å². The fourth-order valence-corrected chi connectivity index (χ4v) is 2.20. The summed E-state index contributed by atoms with van der Waals surface area (Å²) in [5.74, 6) is 1.35. The van der Waals surface area contributed by atoms with E-state index in [9.17, 15) is 4.79 Å². The Morgan fingerprint density at radius 1 is 1.58 bits per heavy atom. The van der Waals surface area contributed by atoms with Crippen LogP contribution in [0.5, 0.6) is 5.75 Å². The predicted octanol–water partition coefficient (Wildman–Crippen LogP) is 1.84. The number of halogens is 1. The van der Waals surface area contributed by atoms with Crippen molar-refractivity contribution in [1.29, 1.82) is 0 Å². The highest BCUT2D eigenvalue weighted by atomic mass is 35.5. The molecule has 2 rings (SSSR count). The summed E-state index contributed by atoms with van der Waals surface area (Å²) in [5.41, 5.74) is 0. The number of aromatic nitrogens is 1. The molecule has 2 atom stereocenters. The van der Waals surface area contributed by atoms with E-state index in [0.29, 0.717) is 17.6 Å². The van der Waals surface area contributed by atoms with E-state index in [4.69, 9.17) is 4.74 Å². The van der Waals surface area contributed by atoms with Gasteiger partial charge in [0.15, 0.2) is 0 Å². The summed E-state index contributed by atoms with van der Waals surface area (Å²) in [4.78, 5) is 16.2. The Kier molecular flexibility index (Phi) is 6.05. The highest BCUT2D eigenvalue weighted by Gasteiger charge is 2.24. The van der Waals surface area contributed by atoms with Gasteiger partial charge in [-0.2, -0.15) is 0 Å². The van der Waals surface area contributed by atoms with E-state index in [0.717, 1.165) is 19.4 Å². The van der Waals surface area contributed by atoms with Crippen LogP contribution in [0.3, 0.4) is 0 Å². The van der Waals surface area contributed by atoms with Gasteiger partial charge in [0.2, 0.25) is 5.91 Å². The Bertz CT molecular complexity index is 428. The van der Waals surface area contributed by atoms with Crippen molar-refractivity contribution in [3.05, 3.63) is 18.3 Å². The smallest absolute Gasteiger partial charge is 0.228 e. The second kappa shape index (κ2) is 7.31. The molecule has 1 saturated heterocycles. The summed E-state index contributed by atoms with van der Waals surface area (Å²) < 4.78 is 5.10. The third kappa shape index (κ3) is 4.36. The molecule has 106 valence electrons. The third-order valence-electron chi connectivity index (χ3n) is 3.21. The van der Waals surface area contributed by atoms with Crippen LogP contribution in [-0.4, -0.2) is 30.6 Å². The van der Waals surface area contributed by atoms with Crippen LogP contribution >= 0.6 is 12.4 Å². The minimum absolute atomic E-state index is 0. The second-order valence-electron chi connectivity index (χ2n) is 4.65. The average molecular weight is 286 g/mol. The van der Waals surface area contributed by atoms with Gasteiger partial charge in [0, 0.05) is 24.2 Å². The summed E-state index contributed by atoms with van der Waals surface area (Å²) >= 11 is 0. The number of pyridine rings is 1. The molecule has 0 radical (unpaired) electrons. The molecule has 1 aromatic rings. The monoisotopic (exact) mass is 285 g/mol. The predicted molar refractivity (Wildman–Crippen MR) is 76.9 cm³/mol. The van der Waals surface area contributed by atoms with E-state index in [1.807, 2.05) is 0 Å². The number of piperidine rings is 1. The largest absolute Gasteiger partial charge is 0.497 e. The van der Waals surface area contributed by atoms with Crippen molar-refractivity contribution in [3.63, 3.8) is 0 Å². The molecule has 0 bridgehead atoms. The van der Waals surface area contributed by atoms with E-state index in [2.05, 4.69) is 22.5 Å². The molecule has 1 aromatic heterocycles. The highest BCUT2D eigenvalue weighted by Crippen LogP contribution is 2.19. The SMILES string of the molecule is COc1ccnc(NC(=O)[C@H]2CCN[C@@H](C)C2)c1.Cl. The first-order valence-electron chi connectivity index (χ1n) is 6.23. The summed E-state index contributed by atoms with van der Waals surface area (Å²) in [6.07, 6.45) is 3.37. The molecule has 0 aromatic carbocycles. The fraction of sp³-hybridized carbons (Fsp3) is 0.538. The molecule has 0 unspecified atom stereocenters. The molecular weight excluding hydrogens is 266 g/mol. The molecule has 1 aliphatic rings. The normalized spacial score (nSPS) is 22.2. The number of methoxy groups -OCH3 is 1. The van der Waals surface area contributed by atoms with Crippen LogP contribution in [0.4, 0.5) is 5.82 Å². The van der Waals surface area contributed by atoms with Gasteiger partial charge in [-0.05, 0) is 32.4 Å². The summed E-state index contributed by atoms with van der Waals surface area (Å²) in [6.45, 7) is 2.99. The van der Waals surface area contributed by atoms with Gasteiger partial charge in [-0.15, -0.1) is 12.4 Å². The van der Waals surface area contributed by atoms with Crippen molar-refractivity contribution in [2.24, 2.45) is 5.92 Å². The Balaban J connectivity index is 0.00000180. The van der Waals surface area contributed by atoms with Crippen molar-refractivity contribution in [3.8, 4) is 5.75 Å². The van der Waals surface area contributed by atoms with Crippen LogP contribution in [0.2, 0.25) is 0 Å². The van der Waals surface area contributed by atoms with Crippen LogP contribution in [0, 0.1) is 5.92 Å². The van der Waals surface area contributed by atoms with E-state index in [-0.39, 0.29) is 24.2 Å². The Hall–Kier alpha value is -1.33. The van der Waals surface area contributed by atoms with Gasteiger partial charge in [-0.3, -0.25) is 4.79 Å². The summed E-state index contributed by atoms with van der Waals surface area (Å²) in [6, 6.07) is 3.87. The molecule has 1 amide bonds. The molecule has 0 spiro atoms. The number of nitrogens with zero attached hydrogens (tertiary/aromatic N) is 1. The minimum atomic E-state index is 0. The van der Waals surface area contributed by atoms with Gasteiger partial charge >= 0.3 is 0 Å². The van der Waals surface area contributed by atoms with Crippen molar-refractivity contribution < 1.29 is 9.53 Å². The van der Waals surface area contributed by atoms with Crippen LogP contribution in [-0.2, 0) is 4.79 Å². The number of anilines is 1. The molecule has 5 nitrogen and oxygen atoms in total. The van der Waals surface area contributed by atoms with Crippen molar-refractivity contribution in [2.75, 3.05) is 19.0 Å². The molecule has 0 aliphatic carbocycles. The molecule has 2 heterocycles.